The molecule has 2 aromatic carbocycles. The molecule has 20 heavy (non-hydrogen) atoms. The number of para-hydroxylation sites is 1. The van der Waals surface area contributed by atoms with E-state index in [-0.39, 0.29) is 11.5 Å². The first-order valence-electron chi connectivity index (χ1n) is 5.94. The van der Waals surface area contributed by atoms with E-state index in [1.54, 1.807) is 26.0 Å². The summed E-state index contributed by atoms with van der Waals surface area (Å²) in [5, 5.41) is 9.30. The number of hydrogen-bond donors (Lipinski definition) is 2. The molecular formula is C14H15O5P. The smallest absolute Gasteiger partial charge is 0.508 e. The Hall–Kier alpha value is -1.97. The Morgan fingerprint density at radius 1 is 1.00 bits per heavy atom. The van der Waals surface area contributed by atoms with Gasteiger partial charge in [0.1, 0.15) is 17.2 Å². The van der Waals surface area contributed by atoms with Crippen molar-refractivity contribution < 1.29 is 23.6 Å². The molecule has 5 nitrogen and oxygen atoms in total. The fourth-order valence-electron chi connectivity index (χ4n) is 1.75. The van der Waals surface area contributed by atoms with E-state index in [4.69, 9.17) is 9.05 Å². The second-order valence-electron chi connectivity index (χ2n) is 4.37. The molecule has 0 aliphatic heterocycles. The van der Waals surface area contributed by atoms with Crippen molar-refractivity contribution in [2.24, 2.45) is 0 Å². The number of aromatic hydroxyl groups is 1. The molecule has 0 radical (unpaired) electrons. The lowest BCUT2D eigenvalue weighted by Crippen LogP contribution is -2.02. The molecule has 0 aliphatic rings. The minimum absolute atomic E-state index is 0.0575. The molecule has 2 N–H and O–H groups in total. The average Bonchev–Trinajstić information content (AvgIpc) is 2.33. The van der Waals surface area contributed by atoms with Crippen molar-refractivity contribution in [3.63, 3.8) is 0 Å². The molecule has 2 aromatic rings. The van der Waals surface area contributed by atoms with E-state index in [1.807, 2.05) is 6.07 Å². The molecule has 6 heteroatoms. The van der Waals surface area contributed by atoms with Gasteiger partial charge in [-0.2, -0.15) is 0 Å². The van der Waals surface area contributed by atoms with Crippen molar-refractivity contribution in [1.82, 2.24) is 0 Å². The molecule has 1 unspecified atom stereocenters. The van der Waals surface area contributed by atoms with Crippen LogP contribution in [0.3, 0.4) is 0 Å². The van der Waals surface area contributed by atoms with Gasteiger partial charge in [0.15, 0.2) is 0 Å². The summed E-state index contributed by atoms with van der Waals surface area (Å²) in [5.41, 5.74) is 1.47. The fraction of sp³-hybridized carbons (Fsp3) is 0.143. The summed E-state index contributed by atoms with van der Waals surface area (Å²) in [7, 11) is -4.32. The number of aryl methyl sites for hydroxylation is 2. The van der Waals surface area contributed by atoms with E-state index in [9.17, 15) is 14.6 Å². The monoisotopic (exact) mass is 294 g/mol. The molecule has 106 valence electrons. The number of benzene rings is 2. The summed E-state index contributed by atoms with van der Waals surface area (Å²) in [4.78, 5) is 9.79. The Kier molecular flexibility index (Phi) is 4.02. The van der Waals surface area contributed by atoms with Gasteiger partial charge in [0.25, 0.3) is 0 Å². The Bertz CT molecular complexity index is 648. The van der Waals surface area contributed by atoms with Gasteiger partial charge >= 0.3 is 7.82 Å². The van der Waals surface area contributed by atoms with Crippen LogP contribution in [0.1, 0.15) is 11.1 Å². The Morgan fingerprint density at radius 2 is 1.60 bits per heavy atom. The normalized spacial score (nSPS) is 13.6. The first kappa shape index (κ1) is 14.4. The highest BCUT2D eigenvalue weighted by molar-refractivity contribution is 7.48. The van der Waals surface area contributed by atoms with Crippen LogP contribution in [0.15, 0.2) is 42.5 Å². The molecule has 0 spiro atoms. The summed E-state index contributed by atoms with van der Waals surface area (Å²) in [6, 6.07) is 11.0. The zero-order valence-electron chi connectivity index (χ0n) is 11.1. The van der Waals surface area contributed by atoms with Crippen molar-refractivity contribution in [3.05, 3.63) is 53.6 Å². The van der Waals surface area contributed by atoms with Crippen LogP contribution in [0.5, 0.6) is 17.2 Å². The van der Waals surface area contributed by atoms with Crippen molar-refractivity contribution in [2.75, 3.05) is 0 Å². The van der Waals surface area contributed by atoms with E-state index in [0.29, 0.717) is 5.75 Å². The number of phenols is 1. The van der Waals surface area contributed by atoms with Crippen LogP contribution >= 0.6 is 7.82 Å². The summed E-state index contributed by atoms with van der Waals surface area (Å²) < 4.78 is 22.0. The maximum atomic E-state index is 12.0. The van der Waals surface area contributed by atoms with Gasteiger partial charge in [-0.15, -0.1) is 0 Å². The van der Waals surface area contributed by atoms with Crippen molar-refractivity contribution in [1.29, 1.82) is 0 Å². The van der Waals surface area contributed by atoms with Gasteiger partial charge in [0, 0.05) is 6.07 Å². The van der Waals surface area contributed by atoms with Crippen LogP contribution < -0.4 is 9.05 Å². The third-order valence-corrected chi connectivity index (χ3v) is 3.51. The van der Waals surface area contributed by atoms with Crippen molar-refractivity contribution in [2.45, 2.75) is 13.8 Å². The van der Waals surface area contributed by atoms with E-state index < -0.39 is 7.82 Å². The number of phenolic OH excluding ortho intramolecular Hbond substituents is 1. The minimum atomic E-state index is -4.32. The van der Waals surface area contributed by atoms with Crippen LogP contribution in [0, 0.1) is 13.8 Å². The predicted octanol–water partition coefficient (Wildman–Crippen LogP) is 3.57. The third kappa shape index (κ3) is 3.53. The molecule has 2 rings (SSSR count). The molecule has 0 saturated heterocycles. The van der Waals surface area contributed by atoms with E-state index in [0.717, 1.165) is 11.1 Å². The highest BCUT2D eigenvalue weighted by Gasteiger charge is 2.26. The van der Waals surface area contributed by atoms with Gasteiger partial charge in [-0.3, -0.25) is 4.89 Å². The summed E-state index contributed by atoms with van der Waals surface area (Å²) in [6.45, 7) is 3.55. The topological polar surface area (TPSA) is 76.0 Å². The lowest BCUT2D eigenvalue weighted by molar-refractivity contribution is 0.289. The first-order chi connectivity index (χ1) is 9.37. The quantitative estimate of drug-likeness (QED) is 0.843. The third-order valence-electron chi connectivity index (χ3n) is 2.65. The largest absolute Gasteiger partial charge is 0.584 e. The average molecular weight is 294 g/mol. The molecule has 0 heterocycles. The highest BCUT2D eigenvalue weighted by atomic mass is 31.2. The molecule has 0 fully saturated rings. The van der Waals surface area contributed by atoms with Crippen molar-refractivity contribution in [3.8, 4) is 17.2 Å². The fourth-order valence-corrected chi connectivity index (χ4v) is 2.69. The number of rotatable bonds is 4. The zero-order valence-corrected chi connectivity index (χ0v) is 12.0. The first-order valence-corrected chi connectivity index (χ1v) is 7.44. The molecule has 0 saturated carbocycles. The van der Waals surface area contributed by atoms with Gasteiger partial charge in [0.2, 0.25) is 0 Å². The van der Waals surface area contributed by atoms with Gasteiger partial charge in [-0.25, -0.2) is 4.57 Å². The predicted molar refractivity (Wildman–Crippen MR) is 75.1 cm³/mol. The van der Waals surface area contributed by atoms with Crippen LogP contribution in [0.25, 0.3) is 0 Å². The van der Waals surface area contributed by atoms with Crippen molar-refractivity contribution >= 4 is 7.82 Å². The summed E-state index contributed by atoms with van der Waals surface area (Å²) >= 11 is 0. The van der Waals surface area contributed by atoms with E-state index >= 15 is 0 Å². The van der Waals surface area contributed by atoms with E-state index in [2.05, 4.69) is 0 Å². The Balaban J connectivity index is 2.21. The van der Waals surface area contributed by atoms with Crippen LogP contribution in [-0.2, 0) is 4.57 Å². The molecule has 0 aliphatic carbocycles. The number of hydrogen-bond acceptors (Lipinski definition) is 4. The maximum Gasteiger partial charge on any atom is 0.584 e. The molecule has 0 amide bonds. The summed E-state index contributed by atoms with van der Waals surface area (Å²) in [5.74, 6) is 0.315. The Labute approximate surface area is 117 Å². The second-order valence-corrected chi connectivity index (χ2v) is 5.67. The van der Waals surface area contributed by atoms with Crippen LogP contribution in [0.4, 0.5) is 0 Å². The minimum Gasteiger partial charge on any atom is -0.508 e. The van der Waals surface area contributed by atoms with Gasteiger partial charge < -0.3 is 14.2 Å². The highest BCUT2D eigenvalue weighted by Crippen LogP contribution is 2.46. The lowest BCUT2D eigenvalue weighted by Gasteiger charge is -2.16. The SMILES string of the molecule is Cc1cccc(C)c1OP(=O)(O)Oc1cccc(O)c1. The van der Waals surface area contributed by atoms with Gasteiger partial charge in [-0.1, -0.05) is 24.3 Å². The lowest BCUT2D eigenvalue weighted by atomic mass is 10.1. The Morgan fingerprint density at radius 3 is 2.20 bits per heavy atom. The number of phosphoric acid groups is 1. The van der Waals surface area contributed by atoms with Crippen LogP contribution in [0.2, 0.25) is 0 Å². The van der Waals surface area contributed by atoms with E-state index in [1.165, 1.54) is 24.3 Å². The summed E-state index contributed by atoms with van der Waals surface area (Å²) in [6.07, 6.45) is 0. The molecule has 1 atom stereocenters. The second kappa shape index (κ2) is 5.57. The van der Waals surface area contributed by atoms with Gasteiger partial charge in [0.05, 0.1) is 0 Å². The molecule has 0 aromatic heterocycles. The zero-order chi connectivity index (χ0) is 14.8. The molecular weight excluding hydrogens is 279 g/mol. The maximum absolute atomic E-state index is 12.0. The molecule has 0 bridgehead atoms. The van der Waals surface area contributed by atoms with Gasteiger partial charge in [-0.05, 0) is 37.1 Å². The number of phosphoric ester groups is 1. The van der Waals surface area contributed by atoms with Crippen LogP contribution in [-0.4, -0.2) is 10.00 Å². The standard InChI is InChI=1S/C14H15O5P/c1-10-5-3-6-11(2)14(10)19-20(16,17)18-13-8-4-7-12(15)9-13/h3-9,15H,1-2H3,(H,16,17).